The molecule has 0 heterocycles. The van der Waals surface area contributed by atoms with Crippen molar-refractivity contribution >= 4 is 6.79 Å². The Kier molecular flexibility index (Phi) is 24.4. The third kappa shape index (κ3) is 27.9. The molecule has 0 radical (unpaired) electrons. The van der Waals surface area contributed by atoms with Gasteiger partial charge >= 0.3 is 0 Å². The standard InChI is InChI=1S/C4H11N.CH2O/c1-3-4-5-2;1-2/h5H,3-4H2,1-2H3;1H2. The monoisotopic (exact) mass is 103 g/mol. The van der Waals surface area contributed by atoms with Gasteiger partial charge in [-0.15, -0.1) is 0 Å². The summed E-state index contributed by atoms with van der Waals surface area (Å²) in [7, 11) is 1.96. The molecule has 0 bridgehead atoms. The van der Waals surface area contributed by atoms with Crippen LogP contribution in [-0.2, 0) is 4.79 Å². The van der Waals surface area contributed by atoms with Gasteiger partial charge in [0.15, 0.2) is 0 Å². The maximum atomic E-state index is 8.00. The summed E-state index contributed by atoms with van der Waals surface area (Å²) in [6.07, 6.45) is 1.23. The molecule has 0 aliphatic heterocycles. The Labute approximate surface area is 44.9 Å². The van der Waals surface area contributed by atoms with Gasteiger partial charge in [-0.2, -0.15) is 0 Å². The second-order valence-electron chi connectivity index (χ2n) is 1.10. The molecule has 0 fully saturated rings. The maximum absolute atomic E-state index is 8.00. The van der Waals surface area contributed by atoms with Gasteiger partial charge in [0, 0.05) is 0 Å². The van der Waals surface area contributed by atoms with E-state index in [-0.39, 0.29) is 0 Å². The third-order valence-corrected chi connectivity index (χ3v) is 0.500. The first-order chi connectivity index (χ1) is 3.41. The molecule has 44 valence electrons. The van der Waals surface area contributed by atoms with Crippen molar-refractivity contribution in [3.63, 3.8) is 0 Å². The lowest BCUT2D eigenvalue weighted by atomic mass is 10.5. The summed E-state index contributed by atoms with van der Waals surface area (Å²) in [5, 5.41) is 3.02. The molecule has 0 saturated heterocycles. The van der Waals surface area contributed by atoms with Crippen molar-refractivity contribution in [2.24, 2.45) is 0 Å². The first kappa shape index (κ1) is 9.80. The molecule has 2 nitrogen and oxygen atoms in total. The Morgan fingerprint density at radius 3 is 2.00 bits per heavy atom. The summed E-state index contributed by atoms with van der Waals surface area (Å²) >= 11 is 0. The van der Waals surface area contributed by atoms with Gasteiger partial charge in [0.1, 0.15) is 6.79 Å². The van der Waals surface area contributed by atoms with E-state index in [9.17, 15) is 0 Å². The van der Waals surface area contributed by atoms with Gasteiger partial charge in [0.25, 0.3) is 0 Å². The first-order valence-electron chi connectivity index (χ1n) is 2.35. The zero-order valence-corrected chi connectivity index (χ0v) is 5.03. The van der Waals surface area contributed by atoms with Gasteiger partial charge < -0.3 is 10.1 Å². The summed E-state index contributed by atoms with van der Waals surface area (Å²) in [5.74, 6) is 0. The third-order valence-electron chi connectivity index (χ3n) is 0.500. The van der Waals surface area contributed by atoms with E-state index in [1.54, 1.807) is 0 Å². The number of hydrogen-bond donors (Lipinski definition) is 1. The van der Waals surface area contributed by atoms with Crippen molar-refractivity contribution in [3.8, 4) is 0 Å². The summed E-state index contributed by atoms with van der Waals surface area (Å²) in [4.78, 5) is 8.00. The van der Waals surface area contributed by atoms with Crippen LogP contribution in [0, 0.1) is 0 Å². The molecule has 0 atom stereocenters. The zero-order valence-electron chi connectivity index (χ0n) is 5.03. The number of rotatable bonds is 2. The van der Waals surface area contributed by atoms with Crippen LogP contribution in [0.15, 0.2) is 0 Å². The van der Waals surface area contributed by atoms with E-state index in [1.807, 2.05) is 13.8 Å². The van der Waals surface area contributed by atoms with E-state index in [0.717, 1.165) is 6.54 Å². The van der Waals surface area contributed by atoms with E-state index in [0.29, 0.717) is 0 Å². The number of nitrogens with one attached hydrogen (secondary N) is 1. The van der Waals surface area contributed by atoms with Crippen molar-refractivity contribution < 1.29 is 4.79 Å². The highest BCUT2D eigenvalue weighted by molar-refractivity contribution is 5.10. The molecule has 0 aliphatic carbocycles. The minimum absolute atomic E-state index is 1.14. The molecule has 1 N–H and O–H groups in total. The van der Waals surface area contributed by atoms with E-state index in [1.165, 1.54) is 6.42 Å². The van der Waals surface area contributed by atoms with Crippen molar-refractivity contribution in [2.45, 2.75) is 13.3 Å². The van der Waals surface area contributed by atoms with Crippen LogP contribution in [0.3, 0.4) is 0 Å². The van der Waals surface area contributed by atoms with Crippen LogP contribution in [0.1, 0.15) is 13.3 Å². The Morgan fingerprint density at radius 1 is 1.57 bits per heavy atom. The van der Waals surface area contributed by atoms with Crippen molar-refractivity contribution in [3.05, 3.63) is 0 Å². The second-order valence-corrected chi connectivity index (χ2v) is 1.10. The molecule has 0 aromatic heterocycles. The van der Waals surface area contributed by atoms with Crippen LogP contribution in [0.4, 0.5) is 0 Å². The van der Waals surface area contributed by atoms with Gasteiger partial charge in [-0.3, -0.25) is 0 Å². The van der Waals surface area contributed by atoms with E-state index in [2.05, 4.69) is 12.2 Å². The minimum atomic E-state index is 1.14. The Balaban J connectivity index is 0. The molecular weight excluding hydrogens is 90.1 g/mol. The summed E-state index contributed by atoms with van der Waals surface area (Å²) < 4.78 is 0. The van der Waals surface area contributed by atoms with Crippen LogP contribution >= 0.6 is 0 Å². The number of carbonyl (C=O) groups excluding carboxylic acids is 1. The lowest BCUT2D eigenvalue weighted by molar-refractivity contribution is -0.0979. The molecule has 0 aromatic carbocycles. The predicted molar refractivity (Wildman–Crippen MR) is 31.3 cm³/mol. The van der Waals surface area contributed by atoms with Crippen molar-refractivity contribution in [1.82, 2.24) is 5.32 Å². The Bertz CT molecular complexity index is 22.0. The van der Waals surface area contributed by atoms with Crippen LogP contribution in [-0.4, -0.2) is 20.4 Å². The molecule has 0 aromatic rings. The number of hydrogen-bond acceptors (Lipinski definition) is 2. The molecule has 2 heteroatoms. The average molecular weight is 103 g/mol. The van der Waals surface area contributed by atoms with Gasteiger partial charge in [-0.05, 0) is 20.0 Å². The highest BCUT2D eigenvalue weighted by Gasteiger charge is 1.64. The lowest BCUT2D eigenvalue weighted by Gasteiger charge is -1.84. The summed E-state index contributed by atoms with van der Waals surface area (Å²) in [5.41, 5.74) is 0. The van der Waals surface area contributed by atoms with E-state index < -0.39 is 0 Å². The number of carbonyl (C=O) groups is 1. The van der Waals surface area contributed by atoms with Crippen LogP contribution in [0.5, 0.6) is 0 Å². The predicted octanol–water partition coefficient (Wildman–Crippen LogP) is 0.431. The maximum Gasteiger partial charge on any atom is 0.106 e. The van der Waals surface area contributed by atoms with Crippen molar-refractivity contribution in [1.29, 1.82) is 0 Å². The molecule has 0 aliphatic rings. The van der Waals surface area contributed by atoms with E-state index in [4.69, 9.17) is 4.79 Å². The second kappa shape index (κ2) is 17.4. The molecule has 0 saturated carbocycles. The smallest absolute Gasteiger partial charge is 0.106 e. The fraction of sp³-hybridized carbons (Fsp3) is 0.800. The van der Waals surface area contributed by atoms with Crippen LogP contribution in [0.2, 0.25) is 0 Å². The molecule has 0 spiro atoms. The molecular formula is C5H13NO. The van der Waals surface area contributed by atoms with E-state index >= 15 is 0 Å². The Hall–Kier alpha value is -0.370. The summed E-state index contributed by atoms with van der Waals surface area (Å²) in [6.45, 7) is 5.29. The van der Waals surface area contributed by atoms with Gasteiger partial charge in [0.05, 0.1) is 0 Å². The van der Waals surface area contributed by atoms with Gasteiger partial charge in [-0.1, -0.05) is 6.92 Å². The fourth-order valence-electron chi connectivity index (χ4n) is 0.250. The molecule has 7 heavy (non-hydrogen) atoms. The van der Waals surface area contributed by atoms with Gasteiger partial charge in [-0.25, -0.2) is 0 Å². The SMILES string of the molecule is C=O.CCCNC. The Morgan fingerprint density at radius 2 is 2.00 bits per heavy atom. The highest BCUT2D eigenvalue weighted by atomic mass is 16.1. The van der Waals surface area contributed by atoms with Crippen LogP contribution < -0.4 is 5.32 Å². The minimum Gasteiger partial charge on any atom is -0.320 e. The quantitative estimate of drug-likeness (QED) is 0.549. The summed E-state index contributed by atoms with van der Waals surface area (Å²) in [6, 6.07) is 0. The normalized spacial score (nSPS) is 6.57. The molecule has 0 amide bonds. The first-order valence-corrected chi connectivity index (χ1v) is 2.35. The van der Waals surface area contributed by atoms with Crippen LogP contribution in [0.25, 0.3) is 0 Å². The fourth-order valence-corrected chi connectivity index (χ4v) is 0.250. The van der Waals surface area contributed by atoms with Gasteiger partial charge in [0.2, 0.25) is 0 Å². The largest absolute Gasteiger partial charge is 0.320 e. The molecule has 0 unspecified atom stereocenters. The highest BCUT2D eigenvalue weighted by Crippen LogP contribution is 1.62. The van der Waals surface area contributed by atoms with Crippen molar-refractivity contribution in [2.75, 3.05) is 13.6 Å². The molecule has 0 rings (SSSR count). The topological polar surface area (TPSA) is 29.1 Å². The average Bonchev–Trinajstić information content (AvgIpc) is 1.75. The zero-order chi connectivity index (χ0) is 6.12. The lowest BCUT2D eigenvalue weighted by Crippen LogP contribution is -2.04.